The summed E-state index contributed by atoms with van der Waals surface area (Å²) in [6.07, 6.45) is 6.77. The summed E-state index contributed by atoms with van der Waals surface area (Å²) in [6, 6.07) is 0. The highest BCUT2D eigenvalue weighted by Gasteiger charge is 2.28. The van der Waals surface area contributed by atoms with Crippen LogP contribution >= 0.6 is 34.8 Å². The zero-order valence-electron chi connectivity index (χ0n) is 7.64. The highest BCUT2D eigenvalue weighted by Crippen LogP contribution is 2.30. The van der Waals surface area contributed by atoms with Gasteiger partial charge >= 0.3 is 0 Å². The molecule has 1 atom stereocenters. The molecular weight excluding hydrogens is 230 g/mol. The Bertz CT molecular complexity index is 151. The molecule has 0 heterocycles. The third kappa shape index (κ3) is 7.63. The predicted octanol–water partition coefficient (Wildman–Crippen LogP) is 3.85. The molecule has 1 N–H and O–H groups in total. The van der Waals surface area contributed by atoms with Crippen molar-refractivity contribution in [2.75, 3.05) is 0 Å². The van der Waals surface area contributed by atoms with Gasteiger partial charge in [-0.15, -0.1) is 0 Å². The maximum atomic E-state index is 9.26. The molecule has 0 aromatic rings. The quantitative estimate of drug-likeness (QED) is 0.443. The Kier molecular flexibility index (Phi) is 7.25. The van der Waals surface area contributed by atoms with Crippen LogP contribution in [0, 0.1) is 0 Å². The molecule has 0 spiro atoms. The van der Waals surface area contributed by atoms with Crippen LogP contribution in [0.4, 0.5) is 0 Å². The van der Waals surface area contributed by atoms with Crippen molar-refractivity contribution in [1.29, 1.82) is 0 Å². The van der Waals surface area contributed by atoms with E-state index in [1.807, 2.05) is 6.08 Å². The molecule has 0 aliphatic carbocycles. The summed E-state index contributed by atoms with van der Waals surface area (Å²) >= 11 is 16.4. The van der Waals surface area contributed by atoms with Gasteiger partial charge in [0.15, 0.2) is 0 Å². The lowest BCUT2D eigenvalue weighted by Crippen LogP contribution is -2.22. The van der Waals surface area contributed by atoms with Gasteiger partial charge in [-0.05, 0) is 12.8 Å². The monoisotopic (exact) mass is 244 g/mol. The SMILES string of the molecule is CCCCCC=CC(O)C(Cl)(Cl)Cl. The zero-order valence-corrected chi connectivity index (χ0v) is 9.91. The minimum absolute atomic E-state index is 0.922. The van der Waals surface area contributed by atoms with Crippen LogP contribution in [0.5, 0.6) is 0 Å². The molecule has 0 amide bonds. The van der Waals surface area contributed by atoms with E-state index in [4.69, 9.17) is 34.8 Å². The highest BCUT2D eigenvalue weighted by atomic mass is 35.6. The number of alkyl halides is 3. The number of hydrogen-bond acceptors (Lipinski definition) is 1. The lowest BCUT2D eigenvalue weighted by molar-refractivity contribution is 0.227. The fourth-order valence-electron chi connectivity index (χ4n) is 0.846. The first-order chi connectivity index (χ1) is 5.98. The van der Waals surface area contributed by atoms with Crippen molar-refractivity contribution >= 4 is 34.8 Å². The van der Waals surface area contributed by atoms with E-state index < -0.39 is 9.90 Å². The van der Waals surface area contributed by atoms with E-state index in [0.717, 1.165) is 12.8 Å². The van der Waals surface area contributed by atoms with E-state index >= 15 is 0 Å². The van der Waals surface area contributed by atoms with Crippen molar-refractivity contribution in [1.82, 2.24) is 0 Å². The second-order valence-electron chi connectivity index (χ2n) is 2.91. The summed E-state index contributed by atoms with van der Waals surface area (Å²) in [5, 5.41) is 9.26. The number of hydrogen-bond donors (Lipinski definition) is 1. The first-order valence-corrected chi connectivity index (χ1v) is 5.53. The van der Waals surface area contributed by atoms with Gasteiger partial charge in [-0.2, -0.15) is 0 Å². The lowest BCUT2D eigenvalue weighted by Gasteiger charge is -2.14. The Labute approximate surface area is 94.7 Å². The minimum Gasteiger partial charge on any atom is -0.385 e. The largest absolute Gasteiger partial charge is 0.385 e. The van der Waals surface area contributed by atoms with Crippen LogP contribution in [0.2, 0.25) is 0 Å². The Hall–Kier alpha value is 0.570. The van der Waals surface area contributed by atoms with Gasteiger partial charge in [0.25, 0.3) is 0 Å². The van der Waals surface area contributed by atoms with E-state index in [9.17, 15) is 5.11 Å². The molecule has 0 aliphatic rings. The van der Waals surface area contributed by atoms with Crippen LogP contribution in [0.3, 0.4) is 0 Å². The number of rotatable bonds is 5. The Morgan fingerprint density at radius 1 is 1.31 bits per heavy atom. The molecule has 0 radical (unpaired) electrons. The maximum absolute atomic E-state index is 9.26. The van der Waals surface area contributed by atoms with E-state index in [0.29, 0.717) is 0 Å². The van der Waals surface area contributed by atoms with Crippen molar-refractivity contribution < 1.29 is 5.11 Å². The van der Waals surface area contributed by atoms with Crippen LogP contribution in [0.15, 0.2) is 12.2 Å². The molecule has 0 aromatic carbocycles. The summed E-state index contributed by atoms with van der Waals surface area (Å²) < 4.78 is -1.61. The molecule has 78 valence electrons. The fraction of sp³-hybridized carbons (Fsp3) is 0.778. The summed E-state index contributed by atoms with van der Waals surface area (Å²) in [5.41, 5.74) is 0. The van der Waals surface area contributed by atoms with Crippen molar-refractivity contribution in [2.45, 2.75) is 42.5 Å². The molecule has 1 unspecified atom stereocenters. The minimum atomic E-state index is -1.61. The molecular formula is C9H15Cl3O. The smallest absolute Gasteiger partial charge is 0.219 e. The number of unbranched alkanes of at least 4 members (excludes halogenated alkanes) is 3. The van der Waals surface area contributed by atoms with E-state index in [-0.39, 0.29) is 0 Å². The molecule has 0 fully saturated rings. The summed E-state index contributed by atoms with van der Waals surface area (Å²) in [5.74, 6) is 0. The average Bonchev–Trinajstić information content (AvgIpc) is 2.02. The average molecular weight is 246 g/mol. The molecule has 0 rings (SSSR count). The van der Waals surface area contributed by atoms with Gasteiger partial charge in [0.1, 0.15) is 6.10 Å². The molecule has 13 heavy (non-hydrogen) atoms. The van der Waals surface area contributed by atoms with Gasteiger partial charge < -0.3 is 5.11 Å². The van der Waals surface area contributed by atoms with Gasteiger partial charge in [-0.3, -0.25) is 0 Å². The Morgan fingerprint density at radius 3 is 2.38 bits per heavy atom. The molecule has 0 aliphatic heterocycles. The Morgan fingerprint density at radius 2 is 1.92 bits per heavy atom. The van der Waals surface area contributed by atoms with E-state index in [1.54, 1.807) is 0 Å². The van der Waals surface area contributed by atoms with E-state index in [2.05, 4.69) is 6.92 Å². The van der Waals surface area contributed by atoms with Crippen LogP contribution in [0.25, 0.3) is 0 Å². The lowest BCUT2D eigenvalue weighted by atomic mass is 10.2. The van der Waals surface area contributed by atoms with Crippen molar-refractivity contribution in [2.24, 2.45) is 0 Å². The third-order valence-electron chi connectivity index (χ3n) is 1.63. The van der Waals surface area contributed by atoms with Crippen molar-refractivity contribution in [3.63, 3.8) is 0 Å². The van der Waals surface area contributed by atoms with Crippen LogP contribution in [-0.2, 0) is 0 Å². The van der Waals surface area contributed by atoms with Gasteiger partial charge in [-0.1, -0.05) is 66.7 Å². The van der Waals surface area contributed by atoms with Crippen LogP contribution in [-0.4, -0.2) is 15.0 Å². The number of halogens is 3. The second kappa shape index (κ2) is 6.94. The van der Waals surface area contributed by atoms with Gasteiger partial charge in [0.05, 0.1) is 0 Å². The zero-order chi connectivity index (χ0) is 10.3. The first-order valence-electron chi connectivity index (χ1n) is 4.40. The third-order valence-corrected chi connectivity index (χ3v) is 2.30. The predicted molar refractivity (Wildman–Crippen MR) is 59.6 cm³/mol. The molecule has 0 saturated heterocycles. The summed E-state index contributed by atoms with van der Waals surface area (Å²) in [4.78, 5) is 0. The summed E-state index contributed by atoms with van der Waals surface area (Å²) in [7, 11) is 0. The Balaban J connectivity index is 3.60. The highest BCUT2D eigenvalue weighted by molar-refractivity contribution is 6.68. The first kappa shape index (κ1) is 13.6. The maximum Gasteiger partial charge on any atom is 0.219 e. The molecule has 0 saturated carbocycles. The number of aliphatic hydroxyl groups excluding tert-OH is 1. The topological polar surface area (TPSA) is 20.2 Å². The second-order valence-corrected chi connectivity index (χ2v) is 5.28. The van der Waals surface area contributed by atoms with Gasteiger partial charge in [-0.25, -0.2) is 0 Å². The van der Waals surface area contributed by atoms with E-state index in [1.165, 1.54) is 18.9 Å². The molecule has 1 nitrogen and oxygen atoms in total. The van der Waals surface area contributed by atoms with Gasteiger partial charge in [0.2, 0.25) is 3.79 Å². The molecule has 0 aromatic heterocycles. The molecule has 4 heteroatoms. The molecule has 0 bridgehead atoms. The standard InChI is InChI=1S/C9H15Cl3O/c1-2-3-4-5-6-7-8(13)9(10,11)12/h6-8,13H,2-5H2,1H3. The van der Waals surface area contributed by atoms with Crippen LogP contribution < -0.4 is 0 Å². The van der Waals surface area contributed by atoms with Crippen molar-refractivity contribution in [3.8, 4) is 0 Å². The van der Waals surface area contributed by atoms with Crippen molar-refractivity contribution in [3.05, 3.63) is 12.2 Å². The summed E-state index contributed by atoms with van der Waals surface area (Å²) in [6.45, 7) is 2.14. The number of aliphatic hydroxyl groups is 1. The fourth-order valence-corrected chi connectivity index (χ4v) is 1.06. The number of allylic oxidation sites excluding steroid dienone is 1. The van der Waals surface area contributed by atoms with Crippen LogP contribution in [0.1, 0.15) is 32.6 Å². The van der Waals surface area contributed by atoms with Gasteiger partial charge in [0, 0.05) is 0 Å². The normalized spacial score (nSPS) is 15.2.